The maximum absolute atomic E-state index is 11.9. The van der Waals surface area contributed by atoms with Crippen molar-refractivity contribution in [1.82, 2.24) is 5.32 Å². The Morgan fingerprint density at radius 3 is 2.25 bits per heavy atom. The van der Waals surface area contributed by atoms with Crippen LogP contribution in [-0.2, 0) is 14.3 Å². The molecule has 0 aliphatic rings. The number of carbonyl (C=O) groups is 2. The Labute approximate surface area is 126 Å². The number of carbonyl (C=O) groups excluding carboxylic acids is 2. The van der Waals surface area contributed by atoms with Gasteiger partial charge in [-0.2, -0.15) is 11.8 Å². The molecule has 0 saturated heterocycles. The standard InChI is InChI=1S/C14H27NO4S/c1-4-6-9-18-13(16)12(8-11-20-3)15-14(17)19-10-7-5-2/h12H,4-11H2,1-3H3,(H,15,17)/t12-/m0/s1. The van der Waals surface area contributed by atoms with E-state index in [1.165, 1.54) is 0 Å². The molecule has 118 valence electrons. The van der Waals surface area contributed by atoms with Gasteiger partial charge in [-0.25, -0.2) is 9.59 Å². The lowest BCUT2D eigenvalue weighted by Gasteiger charge is -2.17. The molecule has 0 aromatic heterocycles. The Morgan fingerprint density at radius 1 is 1.10 bits per heavy atom. The predicted octanol–water partition coefficient (Wildman–Crippen LogP) is 2.98. The van der Waals surface area contributed by atoms with E-state index >= 15 is 0 Å². The molecule has 0 saturated carbocycles. The molecule has 0 fully saturated rings. The maximum atomic E-state index is 11.9. The summed E-state index contributed by atoms with van der Waals surface area (Å²) < 4.78 is 10.2. The Morgan fingerprint density at radius 2 is 1.70 bits per heavy atom. The second-order valence-corrected chi connectivity index (χ2v) is 5.47. The SMILES string of the molecule is CCCCOC(=O)N[C@@H](CCSC)C(=O)OCCCC. The fraction of sp³-hybridized carbons (Fsp3) is 0.857. The smallest absolute Gasteiger partial charge is 0.407 e. The summed E-state index contributed by atoms with van der Waals surface area (Å²) in [6.45, 7) is 4.83. The van der Waals surface area contributed by atoms with E-state index in [-0.39, 0.29) is 5.97 Å². The quantitative estimate of drug-likeness (QED) is 0.469. The van der Waals surface area contributed by atoms with Gasteiger partial charge in [0.2, 0.25) is 0 Å². The summed E-state index contributed by atoms with van der Waals surface area (Å²) in [6.07, 6.45) is 5.55. The Balaban J connectivity index is 4.17. The molecule has 0 aliphatic heterocycles. The number of thioether (sulfide) groups is 1. The van der Waals surface area contributed by atoms with E-state index in [0.29, 0.717) is 19.6 Å². The van der Waals surface area contributed by atoms with Crippen molar-refractivity contribution >= 4 is 23.8 Å². The van der Waals surface area contributed by atoms with Gasteiger partial charge in [0.1, 0.15) is 6.04 Å². The number of ether oxygens (including phenoxy) is 2. The van der Waals surface area contributed by atoms with Gasteiger partial charge in [0.15, 0.2) is 0 Å². The molecular formula is C14H27NO4S. The third kappa shape index (κ3) is 9.95. The van der Waals surface area contributed by atoms with E-state index in [0.717, 1.165) is 31.4 Å². The number of nitrogens with one attached hydrogen (secondary N) is 1. The van der Waals surface area contributed by atoms with Crippen LogP contribution in [0.15, 0.2) is 0 Å². The number of rotatable bonds is 11. The van der Waals surface area contributed by atoms with Crippen LogP contribution in [-0.4, -0.2) is 43.3 Å². The van der Waals surface area contributed by atoms with E-state index in [1.807, 2.05) is 20.1 Å². The topological polar surface area (TPSA) is 64.6 Å². The minimum absolute atomic E-state index is 0.375. The van der Waals surface area contributed by atoms with Crippen molar-refractivity contribution in [3.8, 4) is 0 Å². The van der Waals surface area contributed by atoms with Crippen LogP contribution < -0.4 is 5.32 Å². The number of alkyl carbamates (subject to hydrolysis) is 1. The molecular weight excluding hydrogens is 278 g/mol. The van der Waals surface area contributed by atoms with Crippen molar-refractivity contribution in [3.63, 3.8) is 0 Å². The third-order valence-corrected chi connectivity index (χ3v) is 3.30. The molecule has 0 heterocycles. The molecule has 5 nitrogen and oxygen atoms in total. The van der Waals surface area contributed by atoms with Crippen LogP contribution in [0.5, 0.6) is 0 Å². The van der Waals surface area contributed by atoms with Crippen LogP contribution in [0.2, 0.25) is 0 Å². The second kappa shape index (κ2) is 13.1. The minimum Gasteiger partial charge on any atom is -0.464 e. The van der Waals surface area contributed by atoms with Gasteiger partial charge >= 0.3 is 12.1 Å². The fourth-order valence-corrected chi connectivity index (χ4v) is 1.87. The summed E-state index contributed by atoms with van der Waals surface area (Å²) in [6, 6.07) is -0.617. The number of esters is 1. The van der Waals surface area contributed by atoms with Crippen molar-refractivity contribution in [2.24, 2.45) is 0 Å². The molecule has 0 aromatic carbocycles. The molecule has 20 heavy (non-hydrogen) atoms. The van der Waals surface area contributed by atoms with Crippen molar-refractivity contribution in [2.75, 3.05) is 25.2 Å². The Kier molecular flexibility index (Phi) is 12.5. The molecule has 0 spiro atoms. The highest BCUT2D eigenvalue weighted by Crippen LogP contribution is 2.04. The average molecular weight is 305 g/mol. The number of unbranched alkanes of at least 4 members (excludes halogenated alkanes) is 2. The highest BCUT2D eigenvalue weighted by atomic mass is 32.2. The van der Waals surface area contributed by atoms with Crippen molar-refractivity contribution < 1.29 is 19.1 Å². The zero-order valence-corrected chi connectivity index (χ0v) is 13.6. The zero-order chi connectivity index (χ0) is 15.2. The first-order valence-corrected chi connectivity index (χ1v) is 8.63. The van der Waals surface area contributed by atoms with E-state index in [9.17, 15) is 9.59 Å². The van der Waals surface area contributed by atoms with Crippen LogP contribution in [0.4, 0.5) is 4.79 Å². The second-order valence-electron chi connectivity index (χ2n) is 4.49. The van der Waals surface area contributed by atoms with Gasteiger partial charge in [-0.15, -0.1) is 0 Å². The molecule has 0 radical (unpaired) electrons. The minimum atomic E-state index is -0.617. The van der Waals surface area contributed by atoms with Gasteiger partial charge < -0.3 is 14.8 Å². The van der Waals surface area contributed by atoms with Crippen LogP contribution >= 0.6 is 11.8 Å². The highest BCUT2D eigenvalue weighted by molar-refractivity contribution is 7.98. The molecule has 0 aliphatic carbocycles. The lowest BCUT2D eigenvalue weighted by Crippen LogP contribution is -2.42. The van der Waals surface area contributed by atoms with Crippen molar-refractivity contribution in [2.45, 2.75) is 52.0 Å². The lowest BCUT2D eigenvalue weighted by molar-refractivity contribution is -0.146. The van der Waals surface area contributed by atoms with Gasteiger partial charge in [0.05, 0.1) is 13.2 Å². The maximum Gasteiger partial charge on any atom is 0.407 e. The van der Waals surface area contributed by atoms with Crippen LogP contribution in [0.1, 0.15) is 46.0 Å². The summed E-state index contributed by atoms with van der Waals surface area (Å²) in [7, 11) is 0. The fourth-order valence-electron chi connectivity index (χ4n) is 1.40. The van der Waals surface area contributed by atoms with E-state index in [1.54, 1.807) is 11.8 Å². The molecule has 1 atom stereocenters. The Hall–Kier alpha value is -0.910. The van der Waals surface area contributed by atoms with Crippen LogP contribution in [0.25, 0.3) is 0 Å². The summed E-state index contributed by atoms with van der Waals surface area (Å²) in [5, 5.41) is 2.59. The van der Waals surface area contributed by atoms with Crippen LogP contribution in [0, 0.1) is 0 Å². The predicted molar refractivity (Wildman–Crippen MR) is 82.0 cm³/mol. The van der Waals surface area contributed by atoms with Crippen LogP contribution in [0.3, 0.4) is 0 Å². The molecule has 1 amide bonds. The largest absolute Gasteiger partial charge is 0.464 e. The summed E-state index contributed by atoms with van der Waals surface area (Å²) in [5.74, 6) is 0.405. The van der Waals surface area contributed by atoms with Crippen molar-refractivity contribution in [3.05, 3.63) is 0 Å². The molecule has 0 bridgehead atoms. The molecule has 1 N–H and O–H groups in total. The molecule has 0 aromatic rings. The Bertz CT molecular complexity index is 274. The van der Waals surface area contributed by atoms with E-state index < -0.39 is 12.1 Å². The van der Waals surface area contributed by atoms with Gasteiger partial charge in [-0.05, 0) is 31.3 Å². The van der Waals surface area contributed by atoms with Gasteiger partial charge in [-0.1, -0.05) is 26.7 Å². The lowest BCUT2D eigenvalue weighted by atomic mass is 10.2. The molecule has 6 heteroatoms. The number of hydrogen-bond acceptors (Lipinski definition) is 5. The first-order valence-electron chi connectivity index (χ1n) is 7.24. The monoisotopic (exact) mass is 305 g/mol. The average Bonchev–Trinajstić information content (AvgIpc) is 2.43. The van der Waals surface area contributed by atoms with E-state index in [2.05, 4.69) is 5.32 Å². The normalized spacial score (nSPS) is 11.8. The first kappa shape index (κ1) is 19.1. The summed E-state index contributed by atoms with van der Waals surface area (Å²) >= 11 is 1.62. The number of amides is 1. The first-order chi connectivity index (χ1) is 9.65. The molecule has 0 rings (SSSR count). The summed E-state index contributed by atoms with van der Waals surface area (Å²) in [4.78, 5) is 23.5. The zero-order valence-electron chi connectivity index (χ0n) is 12.8. The summed E-state index contributed by atoms with van der Waals surface area (Å²) in [5.41, 5.74) is 0. The molecule has 0 unspecified atom stereocenters. The number of hydrogen-bond donors (Lipinski definition) is 1. The third-order valence-electron chi connectivity index (χ3n) is 2.66. The van der Waals surface area contributed by atoms with Gasteiger partial charge in [0, 0.05) is 0 Å². The highest BCUT2D eigenvalue weighted by Gasteiger charge is 2.22. The van der Waals surface area contributed by atoms with E-state index in [4.69, 9.17) is 9.47 Å². The van der Waals surface area contributed by atoms with Gasteiger partial charge in [-0.3, -0.25) is 0 Å². The van der Waals surface area contributed by atoms with Crippen molar-refractivity contribution in [1.29, 1.82) is 0 Å². The van der Waals surface area contributed by atoms with Gasteiger partial charge in [0.25, 0.3) is 0 Å².